The van der Waals surface area contributed by atoms with E-state index in [2.05, 4.69) is 10.6 Å². The fraction of sp³-hybridized carbons (Fsp3) is 0.0625. The van der Waals surface area contributed by atoms with Crippen molar-refractivity contribution in [1.29, 1.82) is 0 Å². The molecule has 2 rings (SSSR count). The van der Waals surface area contributed by atoms with Crippen LogP contribution in [0.25, 0.3) is 6.08 Å². The minimum absolute atomic E-state index is 0.349. The minimum atomic E-state index is -0.349. The Labute approximate surface area is 128 Å². The highest BCUT2D eigenvalue weighted by Crippen LogP contribution is 2.22. The van der Waals surface area contributed by atoms with E-state index in [4.69, 9.17) is 16.3 Å². The number of anilines is 1. The van der Waals surface area contributed by atoms with Crippen LogP contribution in [0.1, 0.15) is 5.56 Å². The monoisotopic (exact) mass is 302 g/mol. The Hall–Kier alpha value is -2.46. The molecule has 2 aromatic rings. The van der Waals surface area contributed by atoms with Gasteiger partial charge in [-0.2, -0.15) is 0 Å². The van der Waals surface area contributed by atoms with Crippen molar-refractivity contribution in [3.8, 4) is 5.75 Å². The van der Waals surface area contributed by atoms with Crippen LogP contribution in [-0.2, 0) is 0 Å². The summed E-state index contributed by atoms with van der Waals surface area (Å²) in [6.07, 6.45) is 3.31. The summed E-state index contributed by atoms with van der Waals surface area (Å²) in [5, 5.41) is 5.98. The fourth-order valence-electron chi connectivity index (χ4n) is 1.73. The van der Waals surface area contributed by atoms with E-state index < -0.39 is 0 Å². The van der Waals surface area contributed by atoms with Gasteiger partial charge in [-0.1, -0.05) is 35.9 Å². The summed E-state index contributed by atoms with van der Waals surface area (Å²) in [5.74, 6) is 0.603. The summed E-state index contributed by atoms with van der Waals surface area (Å²) in [6.45, 7) is 0. The minimum Gasteiger partial charge on any atom is -0.495 e. The molecule has 0 radical (unpaired) electrons. The number of urea groups is 1. The molecule has 0 aliphatic heterocycles. The van der Waals surface area contributed by atoms with Crippen LogP contribution < -0.4 is 15.4 Å². The molecule has 2 amide bonds. The van der Waals surface area contributed by atoms with Gasteiger partial charge in [0.25, 0.3) is 0 Å². The van der Waals surface area contributed by atoms with E-state index in [1.54, 1.807) is 43.7 Å². The maximum absolute atomic E-state index is 11.8. The quantitative estimate of drug-likeness (QED) is 0.891. The second kappa shape index (κ2) is 7.36. The summed E-state index contributed by atoms with van der Waals surface area (Å²) in [7, 11) is 1.55. The van der Waals surface area contributed by atoms with Crippen molar-refractivity contribution in [2.24, 2.45) is 0 Å². The lowest BCUT2D eigenvalue weighted by Gasteiger charge is -2.09. The summed E-state index contributed by atoms with van der Waals surface area (Å²) in [4.78, 5) is 11.8. The predicted molar refractivity (Wildman–Crippen MR) is 85.6 cm³/mol. The number of halogens is 1. The van der Waals surface area contributed by atoms with Crippen LogP contribution in [0.2, 0.25) is 5.02 Å². The van der Waals surface area contributed by atoms with Gasteiger partial charge in [-0.3, -0.25) is 0 Å². The van der Waals surface area contributed by atoms with Gasteiger partial charge in [0, 0.05) is 11.2 Å². The van der Waals surface area contributed by atoms with Crippen molar-refractivity contribution < 1.29 is 9.53 Å². The lowest BCUT2D eigenvalue weighted by Crippen LogP contribution is -2.23. The normalized spacial score (nSPS) is 10.4. The molecule has 0 saturated carbocycles. The number of para-hydroxylation sites is 2. The molecule has 0 aliphatic rings. The van der Waals surface area contributed by atoms with E-state index in [1.165, 1.54) is 0 Å². The van der Waals surface area contributed by atoms with Crippen LogP contribution in [0, 0.1) is 0 Å². The number of carbonyl (C=O) groups excluding carboxylic acids is 1. The van der Waals surface area contributed by atoms with E-state index in [0.717, 1.165) is 5.56 Å². The van der Waals surface area contributed by atoms with Crippen LogP contribution in [0.15, 0.2) is 54.7 Å². The van der Waals surface area contributed by atoms with Crippen LogP contribution in [0.5, 0.6) is 5.75 Å². The first-order chi connectivity index (χ1) is 10.2. The fourth-order valence-corrected chi connectivity index (χ4v) is 1.93. The van der Waals surface area contributed by atoms with Gasteiger partial charge < -0.3 is 15.4 Å². The summed E-state index contributed by atoms with van der Waals surface area (Å²) in [6, 6.07) is 14.2. The molecule has 0 heterocycles. The van der Waals surface area contributed by atoms with Crippen LogP contribution >= 0.6 is 11.6 Å². The molecule has 108 valence electrons. The van der Waals surface area contributed by atoms with Gasteiger partial charge >= 0.3 is 6.03 Å². The number of methoxy groups -OCH3 is 1. The predicted octanol–water partition coefficient (Wildman–Crippen LogP) is 4.14. The molecule has 0 aromatic heterocycles. The molecule has 2 aromatic carbocycles. The van der Waals surface area contributed by atoms with Gasteiger partial charge in [0.1, 0.15) is 5.75 Å². The maximum atomic E-state index is 11.8. The summed E-state index contributed by atoms with van der Waals surface area (Å²) >= 11 is 5.88. The Morgan fingerprint density at radius 3 is 2.76 bits per heavy atom. The molecule has 4 nitrogen and oxygen atoms in total. The zero-order chi connectivity index (χ0) is 15.1. The van der Waals surface area contributed by atoms with Gasteiger partial charge in [0.2, 0.25) is 0 Å². The molecular weight excluding hydrogens is 288 g/mol. The summed E-state index contributed by atoms with van der Waals surface area (Å²) in [5.41, 5.74) is 1.51. The van der Waals surface area contributed by atoms with E-state index in [9.17, 15) is 4.79 Å². The number of benzene rings is 2. The number of ether oxygens (including phenoxy) is 1. The van der Waals surface area contributed by atoms with E-state index in [0.29, 0.717) is 16.5 Å². The van der Waals surface area contributed by atoms with Crippen molar-refractivity contribution in [3.63, 3.8) is 0 Å². The van der Waals surface area contributed by atoms with E-state index in [-0.39, 0.29) is 6.03 Å². The molecule has 0 atom stereocenters. The number of amides is 2. The first-order valence-electron chi connectivity index (χ1n) is 6.31. The SMILES string of the molecule is COc1ccccc1NC(=O)N/C=C/c1cccc(Cl)c1. The third kappa shape index (κ3) is 4.54. The van der Waals surface area contributed by atoms with Crippen molar-refractivity contribution in [3.05, 3.63) is 65.3 Å². The van der Waals surface area contributed by atoms with Gasteiger partial charge in [0.05, 0.1) is 12.8 Å². The number of hydrogen-bond acceptors (Lipinski definition) is 2. The zero-order valence-corrected chi connectivity index (χ0v) is 12.2. The highest BCUT2D eigenvalue weighted by Gasteiger charge is 2.04. The highest BCUT2D eigenvalue weighted by atomic mass is 35.5. The number of carbonyl (C=O) groups is 1. The summed E-state index contributed by atoms with van der Waals surface area (Å²) < 4.78 is 5.16. The van der Waals surface area contributed by atoms with Crippen LogP contribution in [0.3, 0.4) is 0 Å². The number of nitrogens with one attached hydrogen (secondary N) is 2. The van der Waals surface area contributed by atoms with Crippen LogP contribution in [-0.4, -0.2) is 13.1 Å². The molecule has 0 fully saturated rings. The van der Waals surface area contributed by atoms with Gasteiger partial charge in [-0.05, 0) is 35.9 Å². The molecular formula is C16H15ClN2O2. The lowest BCUT2D eigenvalue weighted by molar-refractivity contribution is 0.255. The Bertz CT molecular complexity index is 656. The van der Waals surface area contributed by atoms with Crippen molar-refractivity contribution >= 4 is 29.4 Å². The molecule has 0 spiro atoms. The second-order valence-corrected chi connectivity index (χ2v) is 4.62. The number of rotatable bonds is 4. The largest absolute Gasteiger partial charge is 0.495 e. The zero-order valence-electron chi connectivity index (χ0n) is 11.5. The van der Waals surface area contributed by atoms with Gasteiger partial charge in [-0.25, -0.2) is 4.79 Å². The van der Waals surface area contributed by atoms with E-state index >= 15 is 0 Å². The second-order valence-electron chi connectivity index (χ2n) is 4.19. The molecule has 0 saturated heterocycles. The van der Waals surface area contributed by atoms with Gasteiger partial charge in [-0.15, -0.1) is 0 Å². The van der Waals surface area contributed by atoms with Crippen molar-refractivity contribution in [1.82, 2.24) is 5.32 Å². The van der Waals surface area contributed by atoms with Crippen molar-refractivity contribution in [2.75, 3.05) is 12.4 Å². The number of hydrogen-bond donors (Lipinski definition) is 2. The average Bonchev–Trinajstić information content (AvgIpc) is 2.48. The molecule has 5 heteroatoms. The highest BCUT2D eigenvalue weighted by molar-refractivity contribution is 6.30. The van der Waals surface area contributed by atoms with Crippen molar-refractivity contribution in [2.45, 2.75) is 0 Å². The van der Waals surface area contributed by atoms with Gasteiger partial charge in [0.15, 0.2) is 0 Å². The average molecular weight is 303 g/mol. The molecule has 21 heavy (non-hydrogen) atoms. The van der Waals surface area contributed by atoms with Crippen LogP contribution in [0.4, 0.5) is 10.5 Å². The third-order valence-electron chi connectivity index (χ3n) is 2.69. The smallest absolute Gasteiger partial charge is 0.323 e. The molecule has 0 aliphatic carbocycles. The standard InChI is InChI=1S/C16H15ClN2O2/c1-21-15-8-3-2-7-14(15)19-16(20)18-10-9-12-5-4-6-13(17)11-12/h2-11H,1H3,(H2,18,19,20)/b10-9+. The first-order valence-corrected chi connectivity index (χ1v) is 6.69. The Morgan fingerprint density at radius 1 is 1.19 bits per heavy atom. The topological polar surface area (TPSA) is 50.4 Å². The molecule has 0 bridgehead atoms. The third-order valence-corrected chi connectivity index (χ3v) is 2.93. The van der Waals surface area contributed by atoms with E-state index in [1.807, 2.05) is 24.3 Å². The maximum Gasteiger partial charge on any atom is 0.323 e. The molecule has 2 N–H and O–H groups in total. The Balaban J connectivity index is 1.93. The first kappa shape index (κ1) is 14.9. The molecule has 0 unspecified atom stereocenters. The lowest BCUT2D eigenvalue weighted by atomic mass is 10.2. The Kier molecular flexibility index (Phi) is 5.23. The Morgan fingerprint density at radius 2 is 2.00 bits per heavy atom.